The van der Waals surface area contributed by atoms with E-state index in [1.807, 2.05) is 36.1 Å². The summed E-state index contributed by atoms with van der Waals surface area (Å²) in [5.74, 6) is 0. The lowest BCUT2D eigenvalue weighted by Gasteiger charge is -2.22. The van der Waals surface area contributed by atoms with Crippen LogP contribution in [0.15, 0.2) is 66.9 Å². The van der Waals surface area contributed by atoms with Gasteiger partial charge in [-0.05, 0) is 36.2 Å². The van der Waals surface area contributed by atoms with Gasteiger partial charge in [-0.2, -0.15) is 5.10 Å². The number of nitrogens with one attached hydrogen (secondary N) is 2. The molecule has 1 fully saturated rings. The Morgan fingerprint density at radius 1 is 1.08 bits per heavy atom. The number of rotatable bonds is 6. The van der Waals surface area contributed by atoms with Crippen molar-refractivity contribution in [1.82, 2.24) is 15.1 Å². The lowest BCUT2D eigenvalue weighted by Crippen LogP contribution is -2.32. The molecule has 2 heterocycles. The van der Waals surface area contributed by atoms with Gasteiger partial charge in [-0.1, -0.05) is 36.4 Å². The molecular formula is C21H24N4O. The highest BCUT2D eigenvalue weighted by atomic mass is 16.5. The zero-order chi connectivity index (χ0) is 17.8. The van der Waals surface area contributed by atoms with Gasteiger partial charge in [0.15, 0.2) is 0 Å². The van der Waals surface area contributed by atoms with Crippen LogP contribution in [0.2, 0.25) is 0 Å². The molecule has 0 bridgehead atoms. The lowest BCUT2D eigenvalue weighted by molar-refractivity contribution is 0.0931. The van der Waals surface area contributed by atoms with Crippen molar-refractivity contribution in [1.29, 1.82) is 0 Å². The Kier molecular flexibility index (Phi) is 5.00. The van der Waals surface area contributed by atoms with Crippen LogP contribution in [0, 0.1) is 0 Å². The number of nitrogens with zero attached hydrogens (tertiary/aromatic N) is 2. The molecule has 26 heavy (non-hydrogen) atoms. The summed E-state index contributed by atoms with van der Waals surface area (Å²) in [5.41, 5.74) is 4.57. The number of hydrogen-bond donors (Lipinski definition) is 2. The molecule has 2 aromatic carbocycles. The Balaban J connectivity index is 1.52. The van der Waals surface area contributed by atoms with Gasteiger partial charge in [-0.25, -0.2) is 4.68 Å². The van der Waals surface area contributed by atoms with Crippen LogP contribution in [0.1, 0.15) is 23.8 Å². The van der Waals surface area contributed by atoms with E-state index in [2.05, 4.69) is 58.2 Å². The van der Waals surface area contributed by atoms with Gasteiger partial charge in [0.2, 0.25) is 0 Å². The van der Waals surface area contributed by atoms with Crippen LogP contribution in [-0.4, -0.2) is 29.5 Å². The summed E-state index contributed by atoms with van der Waals surface area (Å²) in [6, 6.07) is 20.9. The fourth-order valence-electron chi connectivity index (χ4n) is 3.56. The molecule has 1 saturated heterocycles. The fraction of sp³-hybridized carbons (Fsp3) is 0.286. The smallest absolute Gasteiger partial charge is 0.115 e. The molecule has 1 aliphatic heterocycles. The zero-order valence-corrected chi connectivity index (χ0v) is 14.9. The summed E-state index contributed by atoms with van der Waals surface area (Å²) in [6.45, 7) is 1.57. The standard InChI is InChI=1S/C21H24N4O/c1-22-18-10-6-5-7-16(18)15-23-19-12-14-26-21(19)20-11-13-24-25(20)17-8-3-2-4-9-17/h2-11,13,19,21-23H,12,14-15H2,1H3/t19-,21-/m1/s1. The minimum absolute atomic E-state index is 0.000505. The molecule has 0 unspecified atom stereocenters. The van der Waals surface area contributed by atoms with E-state index in [9.17, 15) is 0 Å². The molecule has 134 valence electrons. The van der Waals surface area contributed by atoms with Gasteiger partial charge in [0.1, 0.15) is 6.10 Å². The van der Waals surface area contributed by atoms with E-state index in [0.29, 0.717) is 0 Å². The normalized spacial score (nSPS) is 19.6. The summed E-state index contributed by atoms with van der Waals surface area (Å²) in [4.78, 5) is 0. The Hall–Kier alpha value is -2.63. The molecule has 0 radical (unpaired) electrons. The maximum Gasteiger partial charge on any atom is 0.115 e. The first kappa shape index (κ1) is 16.8. The highest BCUT2D eigenvalue weighted by Gasteiger charge is 2.32. The molecule has 0 aliphatic carbocycles. The summed E-state index contributed by atoms with van der Waals surface area (Å²) in [5, 5.41) is 11.4. The predicted molar refractivity (Wildman–Crippen MR) is 103 cm³/mol. The SMILES string of the molecule is CNc1ccccc1CN[C@@H]1CCO[C@H]1c1ccnn1-c1ccccc1. The molecule has 1 aromatic heterocycles. The molecular weight excluding hydrogens is 324 g/mol. The molecule has 0 saturated carbocycles. The molecule has 3 aromatic rings. The number of anilines is 1. The van der Waals surface area contributed by atoms with Gasteiger partial charge in [0, 0.05) is 38.1 Å². The van der Waals surface area contributed by atoms with Crippen molar-refractivity contribution < 1.29 is 4.74 Å². The third kappa shape index (κ3) is 3.36. The Labute approximate surface area is 154 Å². The quantitative estimate of drug-likeness (QED) is 0.715. The number of hydrogen-bond acceptors (Lipinski definition) is 4. The second kappa shape index (κ2) is 7.72. The van der Waals surface area contributed by atoms with E-state index >= 15 is 0 Å². The Morgan fingerprint density at radius 2 is 1.88 bits per heavy atom. The van der Waals surface area contributed by atoms with E-state index in [-0.39, 0.29) is 12.1 Å². The van der Waals surface area contributed by atoms with Crippen LogP contribution in [0.5, 0.6) is 0 Å². The molecule has 2 N–H and O–H groups in total. The van der Waals surface area contributed by atoms with Crippen molar-refractivity contribution in [3.8, 4) is 5.69 Å². The zero-order valence-electron chi connectivity index (χ0n) is 14.9. The van der Waals surface area contributed by atoms with E-state index in [1.165, 1.54) is 5.56 Å². The topological polar surface area (TPSA) is 51.1 Å². The van der Waals surface area contributed by atoms with Crippen LogP contribution in [-0.2, 0) is 11.3 Å². The van der Waals surface area contributed by atoms with Crippen LogP contribution in [0.3, 0.4) is 0 Å². The molecule has 5 nitrogen and oxygen atoms in total. The molecule has 0 amide bonds. The van der Waals surface area contributed by atoms with Crippen molar-refractivity contribution in [2.45, 2.75) is 25.1 Å². The van der Waals surface area contributed by atoms with E-state index in [4.69, 9.17) is 4.74 Å². The number of ether oxygens (including phenoxy) is 1. The molecule has 0 spiro atoms. The fourth-order valence-corrected chi connectivity index (χ4v) is 3.56. The van der Waals surface area contributed by atoms with Gasteiger partial charge in [0.05, 0.1) is 11.4 Å². The first-order valence-corrected chi connectivity index (χ1v) is 9.07. The lowest BCUT2D eigenvalue weighted by atomic mass is 10.1. The number of benzene rings is 2. The van der Waals surface area contributed by atoms with Crippen LogP contribution in [0.25, 0.3) is 5.69 Å². The Bertz CT molecular complexity index is 846. The first-order chi connectivity index (χ1) is 12.9. The minimum atomic E-state index is -0.000505. The number of para-hydroxylation sites is 2. The second-order valence-electron chi connectivity index (χ2n) is 6.48. The van der Waals surface area contributed by atoms with Crippen molar-refractivity contribution in [2.24, 2.45) is 0 Å². The monoisotopic (exact) mass is 348 g/mol. The largest absolute Gasteiger partial charge is 0.388 e. The van der Waals surface area contributed by atoms with Gasteiger partial charge >= 0.3 is 0 Å². The maximum atomic E-state index is 6.08. The summed E-state index contributed by atoms with van der Waals surface area (Å²) in [7, 11) is 1.96. The first-order valence-electron chi connectivity index (χ1n) is 9.07. The van der Waals surface area contributed by atoms with Gasteiger partial charge in [-0.3, -0.25) is 0 Å². The molecule has 5 heteroatoms. The van der Waals surface area contributed by atoms with Crippen LogP contribution >= 0.6 is 0 Å². The highest BCUT2D eigenvalue weighted by molar-refractivity contribution is 5.50. The molecule has 1 aliphatic rings. The highest BCUT2D eigenvalue weighted by Crippen LogP contribution is 2.31. The van der Waals surface area contributed by atoms with E-state index in [1.54, 1.807) is 0 Å². The second-order valence-corrected chi connectivity index (χ2v) is 6.48. The van der Waals surface area contributed by atoms with Gasteiger partial charge in [0.25, 0.3) is 0 Å². The summed E-state index contributed by atoms with van der Waals surface area (Å²) >= 11 is 0. The van der Waals surface area contributed by atoms with Crippen LogP contribution < -0.4 is 10.6 Å². The average Bonchev–Trinajstić information content (AvgIpc) is 3.36. The van der Waals surface area contributed by atoms with E-state index in [0.717, 1.165) is 36.6 Å². The molecule has 2 atom stereocenters. The maximum absolute atomic E-state index is 6.08. The third-order valence-corrected chi connectivity index (χ3v) is 4.90. The third-order valence-electron chi connectivity index (χ3n) is 4.90. The van der Waals surface area contributed by atoms with Gasteiger partial charge < -0.3 is 15.4 Å². The minimum Gasteiger partial charge on any atom is -0.388 e. The van der Waals surface area contributed by atoms with Crippen molar-refractivity contribution in [2.75, 3.05) is 19.0 Å². The molecule has 4 rings (SSSR count). The van der Waals surface area contributed by atoms with Gasteiger partial charge in [-0.15, -0.1) is 0 Å². The predicted octanol–water partition coefficient (Wildman–Crippen LogP) is 3.53. The van der Waals surface area contributed by atoms with Crippen molar-refractivity contribution >= 4 is 5.69 Å². The summed E-state index contributed by atoms with van der Waals surface area (Å²) < 4.78 is 8.06. The number of aromatic nitrogens is 2. The average molecular weight is 348 g/mol. The summed E-state index contributed by atoms with van der Waals surface area (Å²) in [6.07, 6.45) is 2.84. The van der Waals surface area contributed by atoms with Crippen molar-refractivity contribution in [3.63, 3.8) is 0 Å². The van der Waals surface area contributed by atoms with E-state index < -0.39 is 0 Å². The van der Waals surface area contributed by atoms with Crippen LogP contribution in [0.4, 0.5) is 5.69 Å². The van der Waals surface area contributed by atoms with Crippen molar-refractivity contribution in [3.05, 3.63) is 78.1 Å². The Morgan fingerprint density at radius 3 is 2.73 bits per heavy atom.